The molecule has 0 bridgehead atoms. The molecule has 0 saturated heterocycles. The number of carbonyl (C=O) groups excluding carboxylic acids is 1. The van der Waals surface area contributed by atoms with Gasteiger partial charge in [0.05, 0.1) is 0 Å². The van der Waals surface area contributed by atoms with Crippen LogP contribution < -0.4 is 0 Å². The lowest BCUT2D eigenvalue weighted by atomic mass is 10.3. The maximum absolute atomic E-state index is 11.0. The number of aryl methyl sites for hydroxylation is 1. The highest BCUT2D eigenvalue weighted by Crippen LogP contribution is 2.04. The maximum atomic E-state index is 11.0. The van der Waals surface area contributed by atoms with Crippen LogP contribution in [-0.2, 0) is 0 Å². The van der Waals surface area contributed by atoms with E-state index < -0.39 is 0 Å². The summed E-state index contributed by atoms with van der Waals surface area (Å²) in [6.45, 7) is 3.43. The number of pyridine rings is 1. The standard InChI is InChI=1S/C9H9N3O/c1-6-3-4-12-8(5-6)10-9(11-12)7(2)13/h3-5H,1-2H3. The molecule has 66 valence electrons. The number of fused-ring (bicyclic) bond motifs is 1. The van der Waals surface area contributed by atoms with E-state index in [2.05, 4.69) is 10.1 Å². The first kappa shape index (κ1) is 7.91. The molecule has 0 unspecified atom stereocenters. The fourth-order valence-corrected chi connectivity index (χ4v) is 1.13. The van der Waals surface area contributed by atoms with E-state index in [4.69, 9.17) is 0 Å². The minimum absolute atomic E-state index is 0.110. The summed E-state index contributed by atoms with van der Waals surface area (Å²) in [6.07, 6.45) is 1.80. The molecule has 0 N–H and O–H groups in total. The molecule has 0 aromatic carbocycles. The van der Waals surface area contributed by atoms with Gasteiger partial charge in [0.2, 0.25) is 5.82 Å². The highest BCUT2D eigenvalue weighted by atomic mass is 16.1. The van der Waals surface area contributed by atoms with Crippen molar-refractivity contribution in [2.24, 2.45) is 0 Å². The molecule has 0 aliphatic carbocycles. The van der Waals surface area contributed by atoms with Gasteiger partial charge in [0, 0.05) is 13.1 Å². The molecule has 4 heteroatoms. The number of aromatic nitrogens is 3. The summed E-state index contributed by atoms with van der Waals surface area (Å²) < 4.78 is 1.60. The van der Waals surface area contributed by atoms with E-state index in [0.717, 1.165) is 5.56 Å². The van der Waals surface area contributed by atoms with Crippen molar-refractivity contribution in [1.82, 2.24) is 14.6 Å². The smallest absolute Gasteiger partial charge is 0.217 e. The Hall–Kier alpha value is -1.71. The van der Waals surface area contributed by atoms with E-state index >= 15 is 0 Å². The fraction of sp³-hybridized carbons (Fsp3) is 0.222. The van der Waals surface area contributed by atoms with Crippen LogP contribution in [0.25, 0.3) is 5.65 Å². The van der Waals surface area contributed by atoms with Crippen LogP contribution in [0.2, 0.25) is 0 Å². The minimum atomic E-state index is -0.110. The Balaban J connectivity index is 2.68. The van der Waals surface area contributed by atoms with E-state index in [1.54, 1.807) is 10.7 Å². The van der Waals surface area contributed by atoms with Crippen molar-refractivity contribution in [3.63, 3.8) is 0 Å². The van der Waals surface area contributed by atoms with Gasteiger partial charge in [0.1, 0.15) is 0 Å². The molecule has 2 rings (SSSR count). The SMILES string of the molecule is CC(=O)c1nc2cc(C)ccn2n1. The number of rotatable bonds is 1. The molecular weight excluding hydrogens is 166 g/mol. The Kier molecular flexibility index (Phi) is 1.62. The Morgan fingerprint density at radius 2 is 2.31 bits per heavy atom. The van der Waals surface area contributed by atoms with Crippen LogP contribution in [0.3, 0.4) is 0 Å². The third-order valence-corrected chi connectivity index (χ3v) is 1.81. The van der Waals surface area contributed by atoms with Gasteiger partial charge >= 0.3 is 0 Å². The first-order valence-corrected chi connectivity index (χ1v) is 4.01. The molecule has 0 saturated carbocycles. The quantitative estimate of drug-likeness (QED) is 0.612. The van der Waals surface area contributed by atoms with Crippen molar-refractivity contribution < 1.29 is 4.79 Å². The lowest BCUT2D eigenvalue weighted by Gasteiger charge is -1.90. The van der Waals surface area contributed by atoms with E-state index in [1.807, 2.05) is 19.1 Å². The zero-order valence-electron chi connectivity index (χ0n) is 7.48. The monoisotopic (exact) mass is 175 g/mol. The van der Waals surface area contributed by atoms with E-state index in [1.165, 1.54) is 6.92 Å². The third kappa shape index (κ3) is 1.30. The van der Waals surface area contributed by atoms with Gasteiger partial charge in [-0.1, -0.05) is 0 Å². The van der Waals surface area contributed by atoms with Gasteiger partial charge in [0.25, 0.3) is 0 Å². The Morgan fingerprint density at radius 1 is 1.54 bits per heavy atom. The summed E-state index contributed by atoms with van der Waals surface area (Å²) in [5, 5.41) is 4.01. The van der Waals surface area contributed by atoms with Crippen molar-refractivity contribution in [2.45, 2.75) is 13.8 Å². The molecule has 0 radical (unpaired) electrons. The largest absolute Gasteiger partial charge is 0.291 e. The number of ketones is 1. The minimum Gasteiger partial charge on any atom is -0.291 e. The molecule has 0 aliphatic heterocycles. The molecule has 2 aromatic rings. The van der Waals surface area contributed by atoms with Crippen LogP contribution in [0.4, 0.5) is 0 Å². The fourth-order valence-electron chi connectivity index (χ4n) is 1.13. The first-order chi connectivity index (χ1) is 6.16. The predicted octanol–water partition coefficient (Wildman–Crippen LogP) is 1.24. The van der Waals surface area contributed by atoms with Crippen molar-refractivity contribution in [2.75, 3.05) is 0 Å². The van der Waals surface area contributed by atoms with Crippen LogP contribution in [0.5, 0.6) is 0 Å². The summed E-state index contributed by atoms with van der Waals surface area (Å²) in [5.74, 6) is 0.159. The summed E-state index contributed by atoms with van der Waals surface area (Å²) in [5.41, 5.74) is 1.82. The number of hydrogen-bond donors (Lipinski definition) is 0. The predicted molar refractivity (Wildman–Crippen MR) is 47.7 cm³/mol. The van der Waals surface area contributed by atoms with Crippen LogP contribution in [0.1, 0.15) is 23.1 Å². The van der Waals surface area contributed by atoms with Crippen molar-refractivity contribution in [1.29, 1.82) is 0 Å². The van der Waals surface area contributed by atoms with Gasteiger partial charge in [-0.15, -0.1) is 5.10 Å². The second kappa shape index (κ2) is 2.65. The van der Waals surface area contributed by atoms with Crippen LogP contribution >= 0.6 is 0 Å². The van der Waals surface area contributed by atoms with E-state index in [0.29, 0.717) is 5.65 Å². The summed E-state index contributed by atoms with van der Waals surface area (Å²) in [6, 6.07) is 3.81. The first-order valence-electron chi connectivity index (χ1n) is 4.01. The lowest BCUT2D eigenvalue weighted by Crippen LogP contribution is -1.95. The van der Waals surface area contributed by atoms with Crippen molar-refractivity contribution in [3.8, 4) is 0 Å². The highest BCUT2D eigenvalue weighted by Gasteiger charge is 2.06. The Labute approximate surface area is 75.2 Å². The third-order valence-electron chi connectivity index (χ3n) is 1.81. The van der Waals surface area contributed by atoms with Crippen LogP contribution in [0, 0.1) is 6.92 Å². The van der Waals surface area contributed by atoms with Gasteiger partial charge in [-0.2, -0.15) is 0 Å². The molecule has 2 aromatic heterocycles. The number of nitrogens with zero attached hydrogens (tertiary/aromatic N) is 3. The average molecular weight is 175 g/mol. The van der Waals surface area contributed by atoms with Crippen LogP contribution in [-0.4, -0.2) is 20.4 Å². The zero-order chi connectivity index (χ0) is 9.42. The van der Waals surface area contributed by atoms with E-state index in [-0.39, 0.29) is 11.6 Å². The van der Waals surface area contributed by atoms with Gasteiger partial charge in [-0.3, -0.25) is 4.79 Å². The molecular formula is C9H9N3O. The summed E-state index contributed by atoms with van der Waals surface area (Å²) >= 11 is 0. The Bertz CT molecular complexity index is 473. The molecule has 0 fully saturated rings. The molecule has 0 atom stereocenters. The van der Waals surface area contributed by atoms with Crippen molar-refractivity contribution >= 4 is 11.4 Å². The van der Waals surface area contributed by atoms with E-state index in [9.17, 15) is 4.79 Å². The van der Waals surface area contributed by atoms with Gasteiger partial charge in [-0.05, 0) is 24.6 Å². The normalized spacial score (nSPS) is 10.6. The van der Waals surface area contributed by atoms with Gasteiger partial charge in [0.15, 0.2) is 11.4 Å². The lowest BCUT2D eigenvalue weighted by molar-refractivity contribution is 0.100. The molecule has 4 nitrogen and oxygen atoms in total. The molecule has 0 amide bonds. The average Bonchev–Trinajstić information content (AvgIpc) is 2.46. The zero-order valence-corrected chi connectivity index (χ0v) is 7.48. The number of carbonyl (C=O) groups is 1. The summed E-state index contributed by atoms with van der Waals surface area (Å²) in [4.78, 5) is 15.0. The second-order valence-corrected chi connectivity index (χ2v) is 3.00. The number of Topliss-reactive ketones (excluding diaryl/α,β-unsaturated/α-hetero) is 1. The Morgan fingerprint density at radius 3 is 3.00 bits per heavy atom. The molecule has 0 spiro atoms. The topological polar surface area (TPSA) is 47.3 Å². The molecule has 0 aliphatic rings. The number of hydrogen-bond acceptors (Lipinski definition) is 3. The van der Waals surface area contributed by atoms with Gasteiger partial charge in [-0.25, -0.2) is 9.50 Å². The highest BCUT2D eigenvalue weighted by molar-refractivity contribution is 5.90. The molecule has 13 heavy (non-hydrogen) atoms. The molecule has 2 heterocycles. The van der Waals surface area contributed by atoms with Crippen molar-refractivity contribution in [3.05, 3.63) is 29.7 Å². The summed E-state index contributed by atoms with van der Waals surface area (Å²) in [7, 11) is 0. The van der Waals surface area contributed by atoms with Crippen LogP contribution in [0.15, 0.2) is 18.3 Å². The maximum Gasteiger partial charge on any atom is 0.217 e. The van der Waals surface area contributed by atoms with Gasteiger partial charge < -0.3 is 0 Å². The second-order valence-electron chi connectivity index (χ2n) is 3.00.